The number of nitrogen functional groups attached to an aromatic ring is 1. The van der Waals surface area contributed by atoms with Crippen molar-refractivity contribution >= 4 is 17.3 Å². The lowest BCUT2D eigenvalue weighted by atomic mass is 9.96. The largest absolute Gasteiger partial charge is 0.393 e. The maximum Gasteiger partial charge on any atom is 0.157 e. The lowest BCUT2D eigenvalue weighted by Crippen LogP contribution is -2.48. The highest BCUT2D eigenvalue weighted by molar-refractivity contribution is 5.76. The highest BCUT2D eigenvalue weighted by atomic mass is 15.3. The van der Waals surface area contributed by atoms with E-state index < -0.39 is 0 Å². The molecule has 2 fully saturated rings. The molecule has 2 aliphatic heterocycles. The Bertz CT molecular complexity index is 1010. The van der Waals surface area contributed by atoms with Crippen molar-refractivity contribution in [2.24, 2.45) is 0 Å². The number of aromatic nitrogens is 2. The molecular weight excluding hydrogens is 420 g/mol. The van der Waals surface area contributed by atoms with Gasteiger partial charge in [0.05, 0.1) is 6.04 Å². The Kier molecular flexibility index (Phi) is 6.95. The van der Waals surface area contributed by atoms with Crippen LogP contribution in [0.15, 0.2) is 67.0 Å². The summed E-state index contributed by atoms with van der Waals surface area (Å²) < 4.78 is 0. The van der Waals surface area contributed by atoms with E-state index in [4.69, 9.17) is 5.73 Å². The topological polar surface area (TPSA) is 61.5 Å². The molecule has 0 radical (unpaired) electrons. The quantitative estimate of drug-likeness (QED) is 0.578. The molecule has 2 N–H and O–H groups in total. The molecule has 2 aliphatic rings. The van der Waals surface area contributed by atoms with Crippen LogP contribution in [-0.2, 0) is 0 Å². The molecule has 0 aliphatic carbocycles. The van der Waals surface area contributed by atoms with E-state index in [1.807, 2.05) is 0 Å². The molecular formula is C28H36N6. The van der Waals surface area contributed by atoms with Crippen molar-refractivity contribution in [2.45, 2.75) is 44.7 Å². The number of piperazine rings is 1. The maximum atomic E-state index is 6.72. The number of anilines is 3. The van der Waals surface area contributed by atoms with Crippen LogP contribution in [0.1, 0.15) is 49.8 Å². The predicted octanol–water partition coefficient (Wildman–Crippen LogP) is 4.74. The van der Waals surface area contributed by atoms with Gasteiger partial charge in [0, 0.05) is 38.8 Å². The van der Waals surface area contributed by atoms with Gasteiger partial charge < -0.3 is 15.5 Å². The molecule has 1 unspecified atom stereocenters. The van der Waals surface area contributed by atoms with E-state index in [0.717, 1.165) is 56.5 Å². The standard InChI is InChI=1S/C28H36N6/c1-2-24-15-9-10-16-34(24)28-25(29)27(30-21-31-28)33-19-17-32(18-20-33)26(22-11-5-3-6-12-22)23-13-7-4-8-14-23/h3-8,11-14,21,24,26H,2,9-10,15-20,29H2,1H3. The molecule has 3 aromatic rings. The predicted molar refractivity (Wildman–Crippen MR) is 140 cm³/mol. The summed E-state index contributed by atoms with van der Waals surface area (Å²) in [6.45, 7) is 6.99. The van der Waals surface area contributed by atoms with Crippen molar-refractivity contribution in [3.8, 4) is 0 Å². The second-order valence-electron chi connectivity index (χ2n) is 9.43. The maximum absolute atomic E-state index is 6.72. The normalized spacial score (nSPS) is 19.5. The van der Waals surface area contributed by atoms with Gasteiger partial charge in [0.25, 0.3) is 0 Å². The molecule has 5 rings (SSSR count). The van der Waals surface area contributed by atoms with Gasteiger partial charge in [-0.05, 0) is 36.8 Å². The summed E-state index contributed by atoms with van der Waals surface area (Å²) in [5, 5.41) is 0. The van der Waals surface area contributed by atoms with E-state index >= 15 is 0 Å². The molecule has 1 atom stereocenters. The molecule has 178 valence electrons. The third kappa shape index (κ3) is 4.60. The SMILES string of the molecule is CCC1CCCCN1c1ncnc(N2CCN(C(c3ccccc3)c3ccccc3)CC2)c1N. The molecule has 0 bridgehead atoms. The van der Waals surface area contributed by atoms with E-state index in [1.54, 1.807) is 6.33 Å². The lowest BCUT2D eigenvalue weighted by molar-refractivity contribution is 0.212. The molecule has 34 heavy (non-hydrogen) atoms. The summed E-state index contributed by atoms with van der Waals surface area (Å²) >= 11 is 0. The summed E-state index contributed by atoms with van der Waals surface area (Å²) in [7, 11) is 0. The molecule has 0 saturated carbocycles. The number of piperidine rings is 1. The van der Waals surface area contributed by atoms with E-state index in [0.29, 0.717) is 6.04 Å². The van der Waals surface area contributed by atoms with Gasteiger partial charge in [-0.1, -0.05) is 67.6 Å². The Labute approximate surface area is 203 Å². The first-order valence-electron chi connectivity index (χ1n) is 12.7. The number of hydrogen-bond acceptors (Lipinski definition) is 6. The van der Waals surface area contributed by atoms with Crippen molar-refractivity contribution < 1.29 is 0 Å². The summed E-state index contributed by atoms with van der Waals surface area (Å²) in [5.41, 5.74) is 10.1. The van der Waals surface area contributed by atoms with Crippen LogP contribution in [0, 0.1) is 0 Å². The minimum absolute atomic E-state index is 0.251. The average molecular weight is 457 g/mol. The second-order valence-corrected chi connectivity index (χ2v) is 9.43. The number of rotatable bonds is 6. The van der Waals surface area contributed by atoms with E-state index in [2.05, 4.69) is 92.3 Å². The second kappa shape index (κ2) is 10.4. The molecule has 0 spiro atoms. The molecule has 3 heterocycles. The van der Waals surface area contributed by atoms with Crippen molar-refractivity contribution in [1.29, 1.82) is 0 Å². The van der Waals surface area contributed by atoms with Gasteiger partial charge in [0.15, 0.2) is 11.6 Å². The fourth-order valence-corrected chi connectivity index (χ4v) is 5.64. The highest BCUT2D eigenvalue weighted by Gasteiger charge is 2.30. The fraction of sp³-hybridized carbons (Fsp3) is 0.429. The Morgan fingerprint density at radius 3 is 2.06 bits per heavy atom. The monoisotopic (exact) mass is 456 g/mol. The summed E-state index contributed by atoms with van der Waals surface area (Å²) in [6, 6.07) is 22.4. The molecule has 6 heteroatoms. The zero-order valence-electron chi connectivity index (χ0n) is 20.2. The van der Waals surface area contributed by atoms with Crippen LogP contribution in [0.3, 0.4) is 0 Å². The summed E-state index contributed by atoms with van der Waals surface area (Å²) in [4.78, 5) is 16.6. The average Bonchev–Trinajstić information content (AvgIpc) is 2.91. The van der Waals surface area contributed by atoms with Crippen LogP contribution in [0.5, 0.6) is 0 Å². The van der Waals surface area contributed by atoms with Gasteiger partial charge in [0.2, 0.25) is 0 Å². The van der Waals surface area contributed by atoms with Crippen molar-refractivity contribution in [3.63, 3.8) is 0 Å². The first-order chi connectivity index (χ1) is 16.8. The van der Waals surface area contributed by atoms with E-state index in [1.165, 1.54) is 30.4 Å². The fourth-order valence-electron chi connectivity index (χ4n) is 5.64. The van der Waals surface area contributed by atoms with Crippen molar-refractivity contribution in [3.05, 3.63) is 78.1 Å². The number of hydrogen-bond donors (Lipinski definition) is 1. The Hall–Kier alpha value is -3.12. The van der Waals surface area contributed by atoms with Crippen molar-refractivity contribution in [2.75, 3.05) is 48.3 Å². The summed E-state index contributed by atoms with van der Waals surface area (Å²) in [6.07, 6.45) is 6.53. The zero-order valence-corrected chi connectivity index (χ0v) is 20.2. The highest BCUT2D eigenvalue weighted by Crippen LogP contribution is 2.35. The van der Waals surface area contributed by atoms with Gasteiger partial charge in [-0.3, -0.25) is 4.90 Å². The van der Waals surface area contributed by atoms with Gasteiger partial charge in [-0.2, -0.15) is 0 Å². The third-order valence-corrected chi connectivity index (χ3v) is 7.42. The van der Waals surface area contributed by atoms with Crippen LogP contribution in [-0.4, -0.2) is 53.6 Å². The van der Waals surface area contributed by atoms with E-state index in [-0.39, 0.29) is 6.04 Å². The van der Waals surface area contributed by atoms with Gasteiger partial charge in [-0.25, -0.2) is 9.97 Å². The Morgan fingerprint density at radius 2 is 1.44 bits per heavy atom. The first-order valence-corrected chi connectivity index (χ1v) is 12.7. The van der Waals surface area contributed by atoms with Gasteiger partial charge in [-0.15, -0.1) is 0 Å². The lowest BCUT2D eigenvalue weighted by Gasteiger charge is -2.41. The number of benzene rings is 2. The summed E-state index contributed by atoms with van der Waals surface area (Å²) in [5.74, 6) is 1.81. The molecule has 1 aromatic heterocycles. The van der Waals surface area contributed by atoms with Gasteiger partial charge in [0.1, 0.15) is 12.0 Å². The Morgan fingerprint density at radius 1 is 0.824 bits per heavy atom. The Balaban J connectivity index is 1.35. The third-order valence-electron chi connectivity index (χ3n) is 7.42. The molecule has 2 aromatic carbocycles. The number of nitrogens with zero attached hydrogens (tertiary/aromatic N) is 5. The smallest absolute Gasteiger partial charge is 0.157 e. The molecule has 0 amide bonds. The van der Waals surface area contributed by atoms with Gasteiger partial charge >= 0.3 is 0 Å². The van der Waals surface area contributed by atoms with Crippen LogP contribution in [0.4, 0.5) is 17.3 Å². The van der Waals surface area contributed by atoms with Crippen LogP contribution < -0.4 is 15.5 Å². The molecule has 6 nitrogen and oxygen atoms in total. The zero-order chi connectivity index (χ0) is 23.3. The minimum atomic E-state index is 0.251. The van der Waals surface area contributed by atoms with Crippen LogP contribution >= 0.6 is 0 Å². The van der Waals surface area contributed by atoms with Crippen LogP contribution in [0.2, 0.25) is 0 Å². The number of nitrogens with two attached hydrogens (primary N) is 1. The molecule has 2 saturated heterocycles. The van der Waals surface area contributed by atoms with Crippen LogP contribution in [0.25, 0.3) is 0 Å². The van der Waals surface area contributed by atoms with E-state index in [9.17, 15) is 0 Å². The minimum Gasteiger partial charge on any atom is -0.393 e. The first kappa shape index (κ1) is 22.7. The van der Waals surface area contributed by atoms with Crippen molar-refractivity contribution in [1.82, 2.24) is 14.9 Å².